The predicted octanol–water partition coefficient (Wildman–Crippen LogP) is 2.53. The van der Waals surface area contributed by atoms with Gasteiger partial charge in [0.25, 0.3) is 5.56 Å². The third-order valence-corrected chi connectivity index (χ3v) is 4.70. The molecule has 1 saturated heterocycles. The zero-order valence-electron chi connectivity index (χ0n) is 14.6. The Balaban J connectivity index is 2.34. The monoisotopic (exact) mass is 327 g/mol. The summed E-state index contributed by atoms with van der Waals surface area (Å²) in [6.45, 7) is 12.2. The zero-order chi connectivity index (χ0) is 17.9. The molecule has 0 saturated carbocycles. The van der Waals surface area contributed by atoms with Crippen molar-refractivity contribution in [1.29, 1.82) is 0 Å². The van der Waals surface area contributed by atoms with Crippen LogP contribution in [0.4, 0.5) is 0 Å². The largest absolute Gasteiger partial charge is 0.355 e. The molecule has 5 nitrogen and oxygen atoms in total. The smallest absolute Gasteiger partial charge is 0.252 e. The average molecular weight is 327 g/mol. The minimum atomic E-state index is -0.777. The van der Waals surface area contributed by atoms with Crippen molar-refractivity contribution in [3.63, 3.8) is 0 Å². The normalized spacial score (nSPS) is 21.1. The first-order chi connectivity index (χ1) is 11.3. The second kappa shape index (κ2) is 6.91. The number of aromatic amines is 1. The van der Waals surface area contributed by atoms with Gasteiger partial charge in [-0.1, -0.05) is 19.2 Å². The van der Waals surface area contributed by atoms with Crippen LogP contribution in [0.25, 0.3) is 5.57 Å². The van der Waals surface area contributed by atoms with Crippen molar-refractivity contribution in [3.8, 4) is 0 Å². The van der Waals surface area contributed by atoms with Crippen LogP contribution in [0, 0.1) is 0 Å². The number of allylic oxidation sites excluding steroid dienone is 3. The number of pyridine rings is 1. The van der Waals surface area contributed by atoms with Crippen LogP contribution in [0.1, 0.15) is 37.9 Å². The number of hydrogen-bond donors (Lipinski definition) is 2. The van der Waals surface area contributed by atoms with Crippen LogP contribution >= 0.6 is 0 Å². The second-order valence-electron chi connectivity index (χ2n) is 6.41. The summed E-state index contributed by atoms with van der Waals surface area (Å²) in [5, 5.41) is 2.85. The number of carbonyl (C=O) groups is 1. The molecule has 1 aliphatic rings. The van der Waals surface area contributed by atoms with E-state index in [9.17, 15) is 9.59 Å². The van der Waals surface area contributed by atoms with Crippen molar-refractivity contribution in [2.45, 2.75) is 32.1 Å². The maximum Gasteiger partial charge on any atom is 0.252 e. The number of nitrogens with zero attached hydrogens (tertiary/aromatic N) is 1. The fourth-order valence-electron chi connectivity index (χ4n) is 2.88. The van der Waals surface area contributed by atoms with Gasteiger partial charge in [-0.05, 0) is 50.6 Å². The van der Waals surface area contributed by atoms with Gasteiger partial charge in [-0.3, -0.25) is 9.59 Å². The lowest BCUT2D eigenvalue weighted by atomic mass is 9.76. The van der Waals surface area contributed by atoms with E-state index in [1.807, 2.05) is 37.9 Å². The van der Waals surface area contributed by atoms with Crippen molar-refractivity contribution >= 4 is 11.5 Å². The molecule has 0 radical (unpaired) electrons. The maximum absolute atomic E-state index is 12.5. The van der Waals surface area contributed by atoms with Crippen LogP contribution in [-0.2, 0) is 10.2 Å². The molecular formula is C19H25N3O2. The van der Waals surface area contributed by atoms with Crippen LogP contribution in [-0.4, -0.2) is 29.4 Å². The van der Waals surface area contributed by atoms with Crippen molar-refractivity contribution in [1.82, 2.24) is 15.2 Å². The van der Waals surface area contributed by atoms with Crippen LogP contribution < -0.4 is 10.9 Å². The van der Waals surface area contributed by atoms with Crippen molar-refractivity contribution < 1.29 is 4.79 Å². The Kier molecular flexibility index (Phi) is 5.12. The first-order valence-electron chi connectivity index (χ1n) is 8.04. The van der Waals surface area contributed by atoms with Gasteiger partial charge in [-0.15, -0.1) is 0 Å². The fraction of sp³-hybridized carbons (Fsp3) is 0.368. The number of H-pyrrole nitrogens is 1. The molecule has 128 valence electrons. The van der Waals surface area contributed by atoms with E-state index in [2.05, 4.69) is 23.5 Å². The van der Waals surface area contributed by atoms with Gasteiger partial charge in [-0.25, -0.2) is 0 Å². The summed E-state index contributed by atoms with van der Waals surface area (Å²) in [6, 6.07) is 3.55. The Morgan fingerprint density at radius 2 is 2.08 bits per heavy atom. The van der Waals surface area contributed by atoms with E-state index in [1.54, 1.807) is 12.3 Å². The van der Waals surface area contributed by atoms with Crippen LogP contribution in [0.3, 0.4) is 0 Å². The van der Waals surface area contributed by atoms with E-state index in [1.165, 1.54) is 0 Å². The predicted molar refractivity (Wildman–Crippen MR) is 97.4 cm³/mol. The molecule has 0 bridgehead atoms. The SMILES string of the molecule is C=CN(C)/C(C)=C/C(=C)c1ccc(C2(C)CCCNC2=O)c(=O)[nH]1. The molecule has 0 aliphatic carbocycles. The van der Waals surface area contributed by atoms with E-state index < -0.39 is 5.41 Å². The number of aromatic nitrogens is 1. The van der Waals surface area contributed by atoms with Gasteiger partial charge in [0.15, 0.2) is 0 Å². The lowest BCUT2D eigenvalue weighted by Crippen LogP contribution is -2.49. The highest BCUT2D eigenvalue weighted by atomic mass is 16.2. The summed E-state index contributed by atoms with van der Waals surface area (Å²) < 4.78 is 0. The third-order valence-electron chi connectivity index (χ3n) is 4.70. The third kappa shape index (κ3) is 3.35. The molecule has 1 fully saturated rings. The molecule has 0 spiro atoms. The van der Waals surface area contributed by atoms with Crippen molar-refractivity contribution in [2.75, 3.05) is 13.6 Å². The highest BCUT2D eigenvalue weighted by Crippen LogP contribution is 2.29. The molecule has 1 unspecified atom stereocenters. The molecule has 1 amide bonds. The molecule has 5 heteroatoms. The van der Waals surface area contributed by atoms with E-state index in [0.29, 0.717) is 29.8 Å². The number of rotatable bonds is 5. The van der Waals surface area contributed by atoms with E-state index in [0.717, 1.165) is 12.1 Å². The standard InChI is InChI=1S/C19H25N3O2/c1-6-22(5)14(3)12-13(2)16-9-8-15(17(23)21-16)19(4)10-7-11-20-18(19)24/h6,8-9,12H,1-2,7,10-11H2,3-5H3,(H,20,24)(H,21,23)/b14-12+. The molecule has 1 aromatic rings. The van der Waals surface area contributed by atoms with Gasteiger partial charge in [0.2, 0.25) is 5.91 Å². The van der Waals surface area contributed by atoms with Crippen LogP contribution in [0.5, 0.6) is 0 Å². The van der Waals surface area contributed by atoms with Gasteiger partial charge < -0.3 is 15.2 Å². The second-order valence-corrected chi connectivity index (χ2v) is 6.41. The quantitative estimate of drug-likeness (QED) is 0.817. The van der Waals surface area contributed by atoms with Crippen molar-refractivity contribution in [2.24, 2.45) is 0 Å². The number of amides is 1. The van der Waals surface area contributed by atoms with E-state index in [-0.39, 0.29) is 11.5 Å². The summed E-state index contributed by atoms with van der Waals surface area (Å²) in [4.78, 5) is 29.5. The Hall–Kier alpha value is -2.56. The summed E-state index contributed by atoms with van der Waals surface area (Å²) in [7, 11) is 1.89. The minimum absolute atomic E-state index is 0.0887. The summed E-state index contributed by atoms with van der Waals surface area (Å²) in [5.74, 6) is -0.0887. The molecule has 1 aliphatic heterocycles. The highest BCUT2D eigenvalue weighted by Gasteiger charge is 2.39. The van der Waals surface area contributed by atoms with E-state index >= 15 is 0 Å². The molecule has 2 N–H and O–H groups in total. The molecule has 0 aromatic carbocycles. The van der Waals surface area contributed by atoms with Gasteiger partial charge in [-0.2, -0.15) is 0 Å². The van der Waals surface area contributed by atoms with Gasteiger partial charge in [0.1, 0.15) is 0 Å². The first kappa shape index (κ1) is 17.8. The summed E-state index contributed by atoms with van der Waals surface area (Å²) in [5.41, 5.74) is 1.78. The van der Waals surface area contributed by atoms with Gasteiger partial charge in [0.05, 0.1) is 5.41 Å². The summed E-state index contributed by atoms with van der Waals surface area (Å²) >= 11 is 0. The molecule has 2 rings (SSSR count). The Labute approximate surface area is 142 Å². The minimum Gasteiger partial charge on any atom is -0.355 e. The fourth-order valence-corrected chi connectivity index (χ4v) is 2.88. The Morgan fingerprint density at radius 1 is 1.38 bits per heavy atom. The Morgan fingerprint density at radius 3 is 2.67 bits per heavy atom. The molecule has 24 heavy (non-hydrogen) atoms. The topological polar surface area (TPSA) is 65.2 Å². The first-order valence-corrected chi connectivity index (χ1v) is 8.04. The number of nitrogens with one attached hydrogen (secondary N) is 2. The van der Waals surface area contributed by atoms with Gasteiger partial charge in [0, 0.05) is 30.5 Å². The van der Waals surface area contributed by atoms with Crippen molar-refractivity contribution in [3.05, 3.63) is 64.9 Å². The van der Waals surface area contributed by atoms with Gasteiger partial charge >= 0.3 is 0 Å². The number of hydrogen-bond acceptors (Lipinski definition) is 3. The summed E-state index contributed by atoms with van der Waals surface area (Å²) in [6.07, 6.45) is 5.12. The molecular weight excluding hydrogens is 302 g/mol. The number of carbonyl (C=O) groups excluding carboxylic acids is 1. The average Bonchev–Trinajstić information content (AvgIpc) is 2.56. The molecule has 1 aromatic heterocycles. The zero-order valence-corrected chi connectivity index (χ0v) is 14.6. The van der Waals surface area contributed by atoms with Crippen LogP contribution in [0.2, 0.25) is 0 Å². The lowest BCUT2D eigenvalue weighted by Gasteiger charge is -2.32. The highest BCUT2D eigenvalue weighted by molar-refractivity contribution is 5.88. The lowest BCUT2D eigenvalue weighted by molar-refractivity contribution is -0.128. The molecule has 1 atom stereocenters. The van der Waals surface area contributed by atoms with E-state index in [4.69, 9.17) is 0 Å². The molecule has 2 heterocycles. The Bertz CT molecular complexity index is 760. The van der Waals surface area contributed by atoms with Crippen LogP contribution in [0.15, 0.2) is 48.1 Å². The number of piperidine rings is 1. The maximum atomic E-state index is 12.5.